The van der Waals surface area contributed by atoms with Crippen LogP contribution in [0.3, 0.4) is 0 Å². The molecule has 0 atom stereocenters. The van der Waals surface area contributed by atoms with E-state index in [0.29, 0.717) is 5.69 Å². The quantitative estimate of drug-likeness (QED) is 0.777. The average molecular weight is 225 g/mol. The number of carbonyl (C=O) groups is 1. The molecule has 2 aromatic heterocycles. The molecule has 0 saturated heterocycles. The van der Waals surface area contributed by atoms with Gasteiger partial charge in [0.05, 0.1) is 5.69 Å². The fourth-order valence-corrected chi connectivity index (χ4v) is 1.42. The van der Waals surface area contributed by atoms with Crippen LogP contribution in [0.2, 0.25) is 0 Å². The highest BCUT2D eigenvalue weighted by Gasteiger charge is 2.13. The summed E-state index contributed by atoms with van der Waals surface area (Å²) in [5, 5.41) is 13.6. The van der Waals surface area contributed by atoms with E-state index in [-0.39, 0.29) is 16.0 Å². The number of nitrogens with one attached hydrogen (secondary N) is 1. The van der Waals surface area contributed by atoms with Crippen molar-refractivity contribution in [3.8, 4) is 0 Å². The Hall–Kier alpha value is -1.96. The van der Waals surface area contributed by atoms with Crippen molar-refractivity contribution in [3.05, 3.63) is 16.8 Å². The summed E-state index contributed by atoms with van der Waals surface area (Å²) >= 11 is 1.00. The van der Waals surface area contributed by atoms with Crippen LogP contribution in [0.25, 0.3) is 0 Å². The van der Waals surface area contributed by atoms with Gasteiger partial charge in [0.15, 0.2) is 0 Å². The first-order chi connectivity index (χ1) is 7.15. The second-order valence-corrected chi connectivity index (χ2v) is 3.74. The van der Waals surface area contributed by atoms with Crippen LogP contribution in [0.4, 0.5) is 11.0 Å². The molecular weight excluding hydrogens is 218 g/mol. The SMILES string of the molecule is Cc1cc(NC(=O)c2nnc(N)s2)on1. The molecule has 2 rings (SSSR count). The molecule has 0 aromatic carbocycles. The minimum Gasteiger partial charge on any atom is -0.374 e. The van der Waals surface area contributed by atoms with Crippen molar-refractivity contribution >= 4 is 28.3 Å². The highest BCUT2D eigenvalue weighted by molar-refractivity contribution is 7.16. The molecule has 0 unspecified atom stereocenters. The maximum atomic E-state index is 11.5. The molecule has 0 aliphatic heterocycles. The van der Waals surface area contributed by atoms with Crippen molar-refractivity contribution in [1.29, 1.82) is 0 Å². The van der Waals surface area contributed by atoms with Gasteiger partial charge in [0.25, 0.3) is 5.91 Å². The van der Waals surface area contributed by atoms with Crippen LogP contribution < -0.4 is 11.1 Å². The second-order valence-electron chi connectivity index (χ2n) is 2.73. The number of hydrogen-bond donors (Lipinski definition) is 2. The van der Waals surface area contributed by atoms with Crippen LogP contribution in [0, 0.1) is 6.92 Å². The van der Waals surface area contributed by atoms with Gasteiger partial charge in [-0.2, -0.15) is 0 Å². The first kappa shape index (κ1) is 9.59. The number of aryl methyl sites for hydroxylation is 1. The highest BCUT2D eigenvalue weighted by Crippen LogP contribution is 2.14. The molecule has 7 nitrogen and oxygen atoms in total. The van der Waals surface area contributed by atoms with Gasteiger partial charge in [0, 0.05) is 6.07 Å². The monoisotopic (exact) mass is 225 g/mol. The Morgan fingerprint density at radius 1 is 1.60 bits per heavy atom. The lowest BCUT2D eigenvalue weighted by Crippen LogP contribution is -2.10. The number of rotatable bonds is 2. The number of anilines is 2. The van der Waals surface area contributed by atoms with Crippen LogP contribution in [0.5, 0.6) is 0 Å². The summed E-state index contributed by atoms with van der Waals surface area (Å²) in [4.78, 5) is 11.5. The lowest BCUT2D eigenvalue weighted by molar-refractivity contribution is 0.102. The van der Waals surface area contributed by atoms with Crippen molar-refractivity contribution in [3.63, 3.8) is 0 Å². The number of hydrogen-bond acceptors (Lipinski definition) is 7. The lowest BCUT2D eigenvalue weighted by Gasteiger charge is -1.94. The largest absolute Gasteiger partial charge is 0.374 e. The van der Waals surface area contributed by atoms with E-state index in [1.807, 2.05) is 0 Å². The highest BCUT2D eigenvalue weighted by atomic mass is 32.1. The minimum absolute atomic E-state index is 0.182. The van der Waals surface area contributed by atoms with Crippen molar-refractivity contribution in [2.75, 3.05) is 11.1 Å². The predicted octanol–water partition coefficient (Wildman–Crippen LogP) is 0.669. The van der Waals surface area contributed by atoms with Crippen LogP contribution in [-0.4, -0.2) is 21.3 Å². The fraction of sp³-hybridized carbons (Fsp3) is 0.143. The number of amides is 1. The smallest absolute Gasteiger partial charge is 0.289 e. The summed E-state index contributed by atoms with van der Waals surface area (Å²) in [6, 6.07) is 1.60. The molecule has 0 saturated carbocycles. The Morgan fingerprint density at radius 2 is 2.40 bits per heavy atom. The fourth-order valence-electron chi connectivity index (χ4n) is 0.914. The van der Waals surface area contributed by atoms with Crippen LogP contribution >= 0.6 is 11.3 Å². The molecule has 15 heavy (non-hydrogen) atoms. The molecule has 0 radical (unpaired) electrons. The molecular formula is C7H7N5O2S. The molecule has 2 aromatic rings. The zero-order chi connectivity index (χ0) is 10.8. The number of aromatic nitrogens is 3. The third kappa shape index (κ3) is 2.10. The number of nitrogens with zero attached hydrogens (tertiary/aromatic N) is 3. The number of nitrogen functional groups attached to an aromatic ring is 1. The van der Waals surface area contributed by atoms with Gasteiger partial charge in [-0.3, -0.25) is 10.1 Å². The first-order valence-corrected chi connectivity index (χ1v) is 4.80. The van der Waals surface area contributed by atoms with E-state index >= 15 is 0 Å². The van der Waals surface area contributed by atoms with Crippen LogP contribution in [0.1, 0.15) is 15.5 Å². The molecule has 78 valence electrons. The number of nitrogens with two attached hydrogens (primary N) is 1. The van der Waals surface area contributed by atoms with Gasteiger partial charge >= 0.3 is 0 Å². The van der Waals surface area contributed by atoms with E-state index < -0.39 is 5.91 Å². The van der Waals surface area contributed by atoms with E-state index in [2.05, 4.69) is 20.7 Å². The zero-order valence-electron chi connectivity index (χ0n) is 7.72. The van der Waals surface area contributed by atoms with Gasteiger partial charge in [0.1, 0.15) is 0 Å². The van der Waals surface area contributed by atoms with Gasteiger partial charge in [0.2, 0.25) is 16.0 Å². The molecule has 8 heteroatoms. The van der Waals surface area contributed by atoms with E-state index in [4.69, 9.17) is 10.3 Å². The third-order valence-corrected chi connectivity index (χ3v) is 2.25. The normalized spacial score (nSPS) is 10.2. The predicted molar refractivity (Wildman–Crippen MR) is 53.5 cm³/mol. The maximum Gasteiger partial charge on any atom is 0.289 e. The topological polar surface area (TPSA) is 107 Å². The minimum atomic E-state index is -0.416. The second kappa shape index (κ2) is 3.65. The van der Waals surface area contributed by atoms with E-state index in [0.717, 1.165) is 11.3 Å². The summed E-state index contributed by atoms with van der Waals surface area (Å²) in [7, 11) is 0. The van der Waals surface area contributed by atoms with Crippen molar-refractivity contribution in [2.45, 2.75) is 6.92 Å². The molecule has 0 aliphatic rings. The van der Waals surface area contributed by atoms with Crippen molar-refractivity contribution < 1.29 is 9.32 Å². The maximum absolute atomic E-state index is 11.5. The van der Waals surface area contributed by atoms with E-state index in [1.54, 1.807) is 13.0 Å². The van der Waals surface area contributed by atoms with E-state index in [9.17, 15) is 4.79 Å². The Bertz CT molecular complexity index is 491. The molecule has 3 N–H and O–H groups in total. The Balaban J connectivity index is 2.10. The first-order valence-electron chi connectivity index (χ1n) is 3.99. The molecule has 0 fully saturated rings. The standard InChI is InChI=1S/C7H7N5O2S/c1-3-2-4(14-12-3)9-5(13)6-10-11-7(8)15-6/h2H,1H3,(H2,8,11)(H,9,13). The van der Waals surface area contributed by atoms with Gasteiger partial charge in [-0.25, -0.2) is 0 Å². The molecule has 2 heterocycles. The van der Waals surface area contributed by atoms with Crippen LogP contribution in [-0.2, 0) is 0 Å². The molecule has 0 spiro atoms. The van der Waals surface area contributed by atoms with Gasteiger partial charge < -0.3 is 10.3 Å². The summed E-state index contributed by atoms with van der Waals surface area (Å²) in [6.07, 6.45) is 0. The third-order valence-electron chi connectivity index (χ3n) is 1.50. The summed E-state index contributed by atoms with van der Waals surface area (Å²) in [5.74, 6) is -0.147. The van der Waals surface area contributed by atoms with Gasteiger partial charge in [-0.15, -0.1) is 10.2 Å². The van der Waals surface area contributed by atoms with Crippen molar-refractivity contribution in [1.82, 2.24) is 15.4 Å². The summed E-state index contributed by atoms with van der Waals surface area (Å²) in [5.41, 5.74) is 6.03. The Labute approximate surface area is 88.3 Å². The van der Waals surface area contributed by atoms with Crippen LogP contribution in [0.15, 0.2) is 10.6 Å². The number of carbonyl (C=O) groups excluding carboxylic acids is 1. The molecule has 0 bridgehead atoms. The zero-order valence-corrected chi connectivity index (χ0v) is 8.54. The summed E-state index contributed by atoms with van der Waals surface area (Å²) < 4.78 is 4.81. The van der Waals surface area contributed by atoms with Crippen molar-refractivity contribution in [2.24, 2.45) is 0 Å². The average Bonchev–Trinajstić information content (AvgIpc) is 2.75. The Morgan fingerprint density at radius 3 is 2.93 bits per heavy atom. The summed E-state index contributed by atoms with van der Waals surface area (Å²) in [6.45, 7) is 1.75. The van der Waals surface area contributed by atoms with Gasteiger partial charge in [-0.05, 0) is 6.92 Å². The molecule has 0 aliphatic carbocycles. The lowest BCUT2D eigenvalue weighted by atomic mass is 10.5. The van der Waals surface area contributed by atoms with E-state index in [1.165, 1.54) is 0 Å². The molecule has 1 amide bonds. The Kier molecular flexibility index (Phi) is 2.34. The van der Waals surface area contributed by atoms with Gasteiger partial charge in [-0.1, -0.05) is 16.5 Å².